The Morgan fingerprint density at radius 2 is 1.40 bits per heavy atom. The van der Waals surface area contributed by atoms with Crippen LogP contribution in [0.3, 0.4) is 0 Å². The molecule has 0 saturated carbocycles. The molecule has 1 unspecified atom stereocenters. The molecule has 2 aromatic carbocycles. The molecule has 256 valence electrons. The monoisotopic (exact) mass is 833 g/mol. The zero-order chi connectivity index (χ0) is 34.8. The Morgan fingerprint density at radius 3 is 1.94 bits per heavy atom. The Bertz CT molecular complexity index is 1480. The summed E-state index contributed by atoms with van der Waals surface area (Å²) in [4.78, 5) is 5.27. The van der Waals surface area contributed by atoms with Gasteiger partial charge in [0.05, 0.1) is 10.7 Å². The molecule has 48 heavy (non-hydrogen) atoms. The van der Waals surface area contributed by atoms with Crippen LogP contribution in [0.1, 0.15) is 97.7 Å². The summed E-state index contributed by atoms with van der Waals surface area (Å²) in [7, 11) is 10.5. The van der Waals surface area contributed by atoms with Crippen LogP contribution in [0.15, 0.2) is 76.6 Å². The maximum Gasteiger partial charge on any atom is 4.00 e. The van der Waals surface area contributed by atoms with Crippen molar-refractivity contribution in [2.24, 2.45) is 0 Å². The summed E-state index contributed by atoms with van der Waals surface area (Å²) >= 11 is 1.70. The zero-order valence-corrected chi connectivity index (χ0v) is 35.3. The van der Waals surface area contributed by atoms with Crippen molar-refractivity contribution in [2.45, 2.75) is 71.8 Å². The molecule has 4 aromatic rings. The van der Waals surface area contributed by atoms with Crippen LogP contribution in [0, 0.1) is 0 Å². The van der Waals surface area contributed by atoms with Crippen molar-refractivity contribution in [3.05, 3.63) is 132 Å². The minimum atomic E-state index is -0.172. The van der Waals surface area contributed by atoms with Crippen molar-refractivity contribution in [3.63, 3.8) is 0 Å². The molecule has 0 saturated heterocycles. The van der Waals surface area contributed by atoms with Crippen molar-refractivity contribution in [3.8, 4) is 11.3 Å². The first-order valence-electron chi connectivity index (χ1n) is 16.5. The molecule has 0 aliphatic heterocycles. The first kappa shape index (κ1) is 43.4. The van der Waals surface area contributed by atoms with Crippen molar-refractivity contribution < 1.29 is 30.3 Å². The predicted octanol–water partition coefficient (Wildman–Crippen LogP) is 12.4. The molecular weight excluding hydrogens is 777 g/mol. The van der Waals surface area contributed by atoms with Gasteiger partial charge >= 0.3 is 25.8 Å². The zero-order valence-electron chi connectivity index (χ0n) is 30.9. The van der Waals surface area contributed by atoms with Crippen LogP contribution in [0.2, 0.25) is 0 Å². The van der Waals surface area contributed by atoms with Gasteiger partial charge in [-0.3, -0.25) is 0 Å². The molecular formula is C40H55HfN5OS. The minimum Gasteiger partial charge on any atom is -0.672 e. The molecule has 0 N–H and O–H groups in total. The minimum absolute atomic E-state index is 0. The second-order valence-corrected chi connectivity index (χ2v) is 12.8. The van der Waals surface area contributed by atoms with Crippen LogP contribution < -0.4 is 0 Å². The van der Waals surface area contributed by atoms with Crippen LogP contribution >= 0.6 is 11.3 Å². The van der Waals surface area contributed by atoms with Crippen molar-refractivity contribution in [2.75, 3.05) is 42.3 Å². The van der Waals surface area contributed by atoms with E-state index in [0.29, 0.717) is 11.8 Å². The number of hydrogen-bond donors (Lipinski definition) is 0. The Balaban J connectivity index is 0.00000104. The first-order chi connectivity index (χ1) is 22.7. The Hall–Kier alpha value is -2.62. The molecule has 0 fully saturated rings. The fourth-order valence-electron chi connectivity index (χ4n) is 5.24. The van der Waals surface area contributed by atoms with Gasteiger partial charge in [-0.15, -0.1) is 17.0 Å². The maximum atomic E-state index is 6.33. The molecule has 1 atom stereocenters. The number of fused-ring (bicyclic) bond motifs is 1. The van der Waals surface area contributed by atoms with E-state index in [1.807, 2.05) is 0 Å². The van der Waals surface area contributed by atoms with E-state index < -0.39 is 0 Å². The fourth-order valence-corrected chi connectivity index (χ4v) is 6.11. The van der Waals surface area contributed by atoms with Gasteiger partial charge in [0.25, 0.3) is 0 Å². The molecule has 5 rings (SSSR count). The first-order valence-corrected chi connectivity index (χ1v) is 17.4. The summed E-state index contributed by atoms with van der Waals surface area (Å²) < 4.78 is 6.33. The molecule has 1 aliphatic rings. The predicted molar refractivity (Wildman–Crippen MR) is 207 cm³/mol. The van der Waals surface area contributed by atoms with Crippen LogP contribution in [-0.2, 0) is 38.7 Å². The maximum absolute atomic E-state index is 6.33. The second kappa shape index (κ2) is 23.7. The van der Waals surface area contributed by atoms with Gasteiger partial charge in [-0.25, -0.2) is 4.98 Å². The summed E-state index contributed by atoms with van der Waals surface area (Å²) in [5, 5.41) is 19.2. The number of nitrogens with zero attached hydrogens (tertiary/aromatic N) is 5. The quantitative estimate of drug-likeness (QED) is 0.166. The number of para-hydroxylation sites is 1. The SMILES string of the molecule is CCc1oc2c(c1-c1csc(C([N-]c3c(C(C)C)cccc3C(C)C)c3ccccc3)n1)CC/C=C\C=C/2.C[N-]C.C[N-]C.C[N-]C.[Hf+4]. The number of aromatic nitrogens is 1. The summed E-state index contributed by atoms with van der Waals surface area (Å²) in [6.45, 7) is 11.2. The van der Waals surface area contributed by atoms with E-state index in [1.165, 1.54) is 22.3 Å². The summed E-state index contributed by atoms with van der Waals surface area (Å²) in [6.07, 6.45) is 11.3. The van der Waals surface area contributed by atoms with Gasteiger partial charge in [0.15, 0.2) is 0 Å². The topological polar surface area (TPSA) is 82.4 Å². The van der Waals surface area contributed by atoms with E-state index in [4.69, 9.17) is 14.7 Å². The van der Waals surface area contributed by atoms with E-state index in [1.54, 1.807) is 53.6 Å². The van der Waals surface area contributed by atoms with Gasteiger partial charge in [0.1, 0.15) is 11.5 Å². The normalized spacial score (nSPS) is 13.5. The standard InChI is InChI=1S/C34H37N2OS.3C2H6N.Hf/c1-6-29-31(27-17-12-7-8-13-20-30(27)37-29)28-21-38-34(35-28)32(24-15-10-9-11-16-24)36-33-25(22(2)3)18-14-19-26(33)23(4)5;3*1-3-2;/h7-11,13-16,18-23,32H,6,12,17H2,1-5H3;3*1-2H3;/q4*-1;+4/b8-7-,20-13-;;;;. The Kier molecular flexibility index (Phi) is 21.4. The van der Waals surface area contributed by atoms with Crippen molar-refractivity contribution in [1.82, 2.24) is 4.98 Å². The van der Waals surface area contributed by atoms with Gasteiger partial charge in [0.2, 0.25) is 0 Å². The molecule has 0 spiro atoms. The van der Waals surface area contributed by atoms with E-state index in [2.05, 4.69) is 129 Å². The molecule has 0 amide bonds. The number of thiazole rings is 1. The third kappa shape index (κ3) is 12.4. The molecule has 0 radical (unpaired) electrons. The smallest absolute Gasteiger partial charge is 0.672 e. The number of furan rings is 1. The molecule has 1 aliphatic carbocycles. The second-order valence-electron chi connectivity index (χ2n) is 11.9. The number of allylic oxidation sites excluding steroid dienone is 3. The van der Waals surface area contributed by atoms with Crippen molar-refractivity contribution >= 4 is 23.1 Å². The van der Waals surface area contributed by atoms with Gasteiger partial charge in [-0.1, -0.05) is 118 Å². The largest absolute Gasteiger partial charge is 4.00 e. The van der Waals surface area contributed by atoms with Crippen molar-refractivity contribution in [1.29, 1.82) is 0 Å². The summed E-state index contributed by atoms with van der Waals surface area (Å²) in [5.74, 6) is 2.75. The van der Waals surface area contributed by atoms with E-state index in [9.17, 15) is 0 Å². The average Bonchev–Trinajstić information content (AvgIpc) is 3.65. The molecule has 8 heteroatoms. The molecule has 2 heterocycles. The van der Waals surface area contributed by atoms with Gasteiger partial charge in [0, 0.05) is 22.9 Å². The van der Waals surface area contributed by atoms with Crippen LogP contribution in [0.5, 0.6) is 0 Å². The Labute approximate surface area is 314 Å². The van der Waals surface area contributed by atoms with E-state index >= 15 is 0 Å². The molecule has 6 nitrogen and oxygen atoms in total. The Morgan fingerprint density at radius 1 is 0.812 bits per heavy atom. The number of rotatable bonds is 8. The fraction of sp³-hybridized carbons (Fsp3) is 0.425. The van der Waals surface area contributed by atoms with E-state index in [0.717, 1.165) is 52.7 Å². The molecule has 0 bridgehead atoms. The third-order valence-corrected chi connectivity index (χ3v) is 8.11. The summed E-state index contributed by atoms with van der Waals surface area (Å²) in [6, 6.07) is 17.0. The summed E-state index contributed by atoms with van der Waals surface area (Å²) in [5.41, 5.74) is 8.29. The van der Waals surface area contributed by atoms with Gasteiger partial charge in [-0.2, -0.15) is 42.3 Å². The average molecular weight is 832 g/mol. The van der Waals surface area contributed by atoms with Crippen LogP contribution in [-0.4, -0.2) is 47.3 Å². The number of benzene rings is 2. The van der Waals surface area contributed by atoms with Crippen LogP contribution in [0.4, 0.5) is 5.69 Å². The molecule has 2 aromatic heterocycles. The van der Waals surface area contributed by atoms with E-state index in [-0.39, 0.29) is 31.9 Å². The third-order valence-electron chi connectivity index (χ3n) is 7.22. The van der Waals surface area contributed by atoms with Gasteiger partial charge < -0.3 is 25.7 Å². The van der Waals surface area contributed by atoms with Crippen LogP contribution in [0.25, 0.3) is 38.6 Å². The number of aryl methyl sites for hydroxylation is 1. The number of hydrogen-bond acceptors (Lipinski definition) is 3. The van der Waals surface area contributed by atoms with Gasteiger partial charge in [-0.05, 0) is 36.8 Å².